The standard InChI is InChI=1S/C38H54O8Si2/c1-13-43-33(39)37(5,34(40)44-14-2)31-19-17-25(23-47(7,8)9)27-22-30-28(21-29(27)31)26(24-48(10,11)12)18-20-32(30)38(6,35(41)45-15-3)36(42)46-16-4/h17-24,31-32H,13-16H2,1-12H3/b25-23+,26-24+. The van der Waals surface area contributed by atoms with Crippen LogP contribution in [-0.4, -0.2) is 66.5 Å². The van der Waals surface area contributed by atoms with Gasteiger partial charge in [-0.3, -0.25) is 19.2 Å². The van der Waals surface area contributed by atoms with Crippen molar-refractivity contribution >= 4 is 51.2 Å². The first-order valence-electron chi connectivity index (χ1n) is 17.0. The van der Waals surface area contributed by atoms with Gasteiger partial charge in [-0.05, 0) is 87.1 Å². The summed E-state index contributed by atoms with van der Waals surface area (Å²) in [6.45, 7) is 23.9. The van der Waals surface area contributed by atoms with E-state index in [-0.39, 0.29) is 26.4 Å². The SMILES string of the molecule is CCOC(=O)C(C)(C(=O)OCC)C1C=C/C(=C\[Si](C)(C)C)c2cc3c(cc21)/C(=C/[Si](C)(C)C)C=CC3C(C)(C(=O)OCC)C(=O)OCC. The smallest absolute Gasteiger partial charge is 0.324 e. The molecule has 1 aromatic carbocycles. The fraction of sp³-hybridized carbons (Fsp3) is 0.526. The average molecular weight is 695 g/mol. The summed E-state index contributed by atoms with van der Waals surface area (Å²) in [5.74, 6) is -4.07. The Hall–Kier alpha value is -3.51. The predicted molar refractivity (Wildman–Crippen MR) is 196 cm³/mol. The number of carbonyl (C=O) groups excluding carboxylic acids is 4. The molecule has 2 aliphatic carbocycles. The average Bonchev–Trinajstić information content (AvgIpc) is 2.99. The molecule has 0 saturated carbocycles. The van der Waals surface area contributed by atoms with Crippen molar-refractivity contribution in [2.75, 3.05) is 26.4 Å². The minimum atomic E-state index is -1.81. The molecule has 262 valence electrons. The van der Waals surface area contributed by atoms with Crippen molar-refractivity contribution in [1.82, 2.24) is 0 Å². The lowest BCUT2D eigenvalue weighted by molar-refractivity contribution is -0.173. The van der Waals surface area contributed by atoms with Crippen LogP contribution in [0, 0.1) is 10.8 Å². The molecular formula is C38H54O8Si2. The Labute approximate surface area is 288 Å². The van der Waals surface area contributed by atoms with E-state index in [1.54, 1.807) is 41.5 Å². The van der Waals surface area contributed by atoms with Gasteiger partial charge in [-0.25, -0.2) is 0 Å². The largest absolute Gasteiger partial charge is 0.465 e. The van der Waals surface area contributed by atoms with Crippen molar-refractivity contribution in [3.05, 3.63) is 70.1 Å². The number of allylic oxidation sites excluding steroid dienone is 6. The molecular weight excluding hydrogens is 641 g/mol. The lowest BCUT2D eigenvalue weighted by Gasteiger charge is -2.39. The summed E-state index contributed by atoms with van der Waals surface area (Å²) in [5.41, 5.74) is 6.31. The minimum Gasteiger partial charge on any atom is -0.465 e. The highest BCUT2D eigenvalue weighted by molar-refractivity contribution is 6.82. The predicted octanol–water partition coefficient (Wildman–Crippen LogP) is 7.78. The van der Waals surface area contributed by atoms with E-state index < -0.39 is 62.7 Å². The minimum absolute atomic E-state index is 0.109. The van der Waals surface area contributed by atoms with Gasteiger partial charge in [0.1, 0.15) is 0 Å². The van der Waals surface area contributed by atoms with Crippen LogP contribution in [0.25, 0.3) is 11.1 Å². The van der Waals surface area contributed by atoms with Crippen LogP contribution in [0.15, 0.2) is 47.8 Å². The second-order valence-corrected chi connectivity index (χ2v) is 25.0. The second-order valence-electron chi connectivity index (χ2n) is 14.9. The molecule has 2 atom stereocenters. The van der Waals surface area contributed by atoms with Gasteiger partial charge in [0.25, 0.3) is 0 Å². The highest BCUT2D eigenvalue weighted by Crippen LogP contribution is 2.51. The summed E-state index contributed by atoms with van der Waals surface area (Å²) in [6, 6.07) is 4.07. The van der Waals surface area contributed by atoms with E-state index in [1.165, 1.54) is 0 Å². The lowest BCUT2D eigenvalue weighted by atomic mass is 9.65. The molecule has 1 aromatic rings. The van der Waals surface area contributed by atoms with Gasteiger partial charge >= 0.3 is 23.9 Å². The van der Waals surface area contributed by atoms with Gasteiger partial charge in [0, 0.05) is 11.8 Å². The summed E-state index contributed by atoms with van der Waals surface area (Å²) in [6.07, 6.45) is 7.76. The number of hydrogen-bond acceptors (Lipinski definition) is 8. The first-order valence-corrected chi connectivity index (χ1v) is 24.1. The quantitative estimate of drug-likeness (QED) is 0.0946. The van der Waals surface area contributed by atoms with Crippen LogP contribution in [-0.2, 0) is 38.1 Å². The molecule has 10 heteroatoms. The molecule has 0 heterocycles. The molecule has 0 N–H and O–H groups in total. The second kappa shape index (κ2) is 14.9. The van der Waals surface area contributed by atoms with Crippen LogP contribution in [0.4, 0.5) is 0 Å². The van der Waals surface area contributed by atoms with Gasteiger partial charge in [-0.1, -0.05) is 75.0 Å². The summed E-state index contributed by atoms with van der Waals surface area (Å²) in [5, 5.41) is 0. The number of carbonyl (C=O) groups is 4. The van der Waals surface area contributed by atoms with Gasteiger partial charge < -0.3 is 18.9 Å². The molecule has 0 saturated heterocycles. The summed E-state index contributed by atoms with van der Waals surface area (Å²) in [7, 11) is -3.61. The Morgan fingerprint density at radius 2 is 0.854 bits per heavy atom. The van der Waals surface area contributed by atoms with Crippen molar-refractivity contribution in [3.8, 4) is 0 Å². The van der Waals surface area contributed by atoms with Gasteiger partial charge in [-0.15, -0.1) is 0 Å². The Balaban J connectivity index is 2.53. The van der Waals surface area contributed by atoms with Crippen molar-refractivity contribution in [2.24, 2.45) is 10.8 Å². The number of benzene rings is 1. The Morgan fingerprint density at radius 3 is 1.08 bits per heavy atom. The van der Waals surface area contributed by atoms with Gasteiger partial charge in [0.2, 0.25) is 0 Å². The fourth-order valence-corrected chi connectivity index (χ4v) is 8.79. The maximum absolute atomic E-state index is 13.7. The van der Waals surface area contributed by atoms with Crippen LogP contribution in [0.2, 0.25) is 39.3 Å². The number of hydrogen-bond donors (Lipinski definition) is 0. The molecule has 3 rings (SSSR count). The molecule has 8 nitrogen and oxygen atoms in total. The highest BCUT2D eigenvalue weighted by atomic mass is 28.3. The summed E-state index contributed by atoms with van der Waals surface area (Å²) < 4.78 is 22.0. The monoisotopic (exact) mass is 694 g/mol. The number of ether oxygens (including phenoxy) is 4. The summed E-state index contributed by atoms with van der Waals surface area (Å²) in [4.78, 5) is 54.9. The highest BCUT2D eigenvalue weighted by Gasteiger charge is 2.54. The van der Waals surface area contributed by atoms with E-state index in [0.717, 1.165) is 33.4 Å². The van der Waals surface area contributed by atoms with Gasteiger partial charge in [0.15, 0.2) is 10.8 Å². The first kappa shape index (κ1) is 38.9. The topological polar surface area (TPSA) is 105 Å². The van der Waals surface area contributed by atoms with Crippen molar-refractivity contribution in [1.29, 1.82) is 0 Å². The molecule has 48 heavy (non-hydrogen) atoms. The van der Waals surface area contributed by atoms with Crippen molar-refractivity contribution < 1.29 is 38.1 Å². The van der Waals surface area contributed by atoms with Crippen LogP contribution < -0.4 is 0 Å². The third-order valence-electron chi connectivity index (χ3n) is 8.67. The molecule has 0 amide bonds. The number of rotatable bonds is 12. The lowest BCUT2D eigenvalue weighted by Crippen LogP contribution is -2.45. The van der Waals surface area contributed by atoms with Gasteiger partial charge in [-0.2, -0.15) is 0 Å². The third kappa shape index (κ3) is 7.86. The van der Waals surface area contributed by atoms with Crippen LogP contribution in [0.5, 0.6) is 0 Å². The van der Waals surface area contributed by atoms with E-state index in [9.17, 15) is 19.2 Å². The van der Waals surface area contributed by atoms with E-state index in [2.05, 4.69) is 50.7 Å². The van der Waals surface area contributed by atoms with Crippen molar-refractivity contribution in [3.63, 3.8) is 0 Å². The Morgan fingerprint density at radius 1 is 0.583 bits per heavy atom. The molecule has 0 fully saturated rings. The van der Waals surface area contributed by atoms with Crippen LogP contribution in [0.3, 0.4) is 0 Å². The third-order valence-corrected chi connectivity index (χ3v) is 11.0. The molecule has 2 aliphatic rings. The van der Waals surface area contributed by atoms with E-state index >= 15 is 0 Å². The maximum Gasteiger partial charge on any atom is 0.324 e. The van der Waals surface area contributed by atoms with Crippen molar-refractivity contribution in [2.45, 2.75) is 92.7 Å². The maximum atomic E-state index is 13.7. The zero-order chi connectivity index (χ0) is 36.2. The van der Waals surface area contributed by atoms with Crippen LogP contribution >= 0.6 is 0 Å². The van der Waals surface area contributed by atoms with Gasteiger partial charge in [0.05, 0.1) is 42.6 Å². The molecule has 0 aliphatic heterocycles. The van der Waals surface area contributed by atoms with E-state index in [0.29, 0.717) is 0 Å². The van der Waals surface area contributed by atoms with E-state index in [1.807, 2.05) is 36.4 Å². The molecule has 0 aromatic heterocycles. The Kier molecular flexibility index (Phi) is 12.1. The Bertz CT molecular complexity index is 1400. The fourth-order valence-electron chi connectivity index (χ4n) is 6.42. The van der Waals surface area contributed by atoms with Crippen LogP contribution in [0.1, 0.15) is 75.6 Å². The first-order chi connectivity index (χ1) is 22.3. The number of esters is 4. The number of fused-ring (bicyclic) bond motifs is 2. The molecule has 0 spiro atoms. The summed E-state index contributed by atoms with van der Waals surface area (Å²) >= 11 is 0. The zero-order valence-corrected chi connectivity index (χ0v) is 32.9. The molecule has 0 radical (unpaired) electrons. The zero-order valence-electron chi connectivity index (χ0n) is 30.9. The van der Waals surface area contributed by atoms with E-state index in [4.69, 9.17) is 18.9 Å². The normalized spacial score (nSPS) is 19.4. The molecule has 2 unspecified atom stereocenters. The molecule has 0 bridgehead atoms.